The number of aliphatic hydroxyl groups is 1. The van der Waals surface area contributed by atoms with Gasteiger partial charge in [-0.25, -0.2) is 0 Å². The summed E-state index contributed by atoms with van der Waals surface area (Å²) in [6.45, 7) is 4.05. The fourth-order valence-electron chi connectivity index (χ4n) is 1.56. The third-order valence-corrected chi connectivity index (χ3v) is 2.54. The second kappa shape index (κ2) is 7.53. The van der Waals surface area contributed by atoms with Gasteiger partial charge in [0.15, 0.2) is 0 Å². The van der Waals surface area contributed by atoms with Crippen LogP contribution in [-0.2, 0) is 4.79 Å². The van der Waals surface area contributed by atoms with Crippen molar-refractivity contribution in [1.29, 1.82) is 0 Å². The van der Waals surface area contributed by atoms with Gasteiger partial charge >= 0.3 is 0 Å². The lowest BCUT2D eigenvalue weighted by Crippen LogP contribution is -2.22. The smallest absolute Gasteiger partial charge is 0.251 e. The van der Waals surface area contributed by atoms with Crippen LogP contribution in [0.1, 0.15) is 37.0 Å². The number of hydrogen-bond acceptors (Lipinski definition) is 3. The number of hydrogen-bond donors (Lipinski definition) is 3. The summed E-state index contributed by atoms with van der Waals surface area (Å²) in [6.07, 6.45) is 0.178. The maximum absolute atomic E-state index is 11.6. The van der Waals surface area contributed by atoms with Crippen molar-refractivity contribution >= 4 is 17.5 Å². The standard InChI is InChI=1S/C14H20N2O3/c1-3-15-14(19)11-5-4-6-12(9-11)16-13(18)8-7-10(2)17/h4-6,9-10,17H,3,7-8H2,1-2H3,(H,15,19)(H,16,18). The van der Waals surface area contributed by atoms with Gasteiger partial charge in [0, 0.05) is 24.2 Å². The fraction of sp³-hybridized carbons (Fsp3) is 0.429. The Morgan fingerprint density at radius 2 is 2.11 bits per heavy atom. The van der Waals surface area contributed by atoms with Crippen LogP contribution in [0.3, 0.4) is 0 Å². The van der Waals surface area contributed by atoms with Gasteiger partial charge in [-0.05, 0) is 38.5 Å². The van der Waals surface area contributed by atoms with Crippen LogP contribution in [0.15, 0.2) is 24.3 Å². The summed E-state index contributed by atoms with van der Waals surface area (Å²) in [5.41, 5.74) is 1.09. The van der Waals surface area contributed by atoms with Crippen molar-refractivity contribution in [1.82, 2.24) is 5.32 Å². The van der Waals surface area contributed by atoms with Gasteiger partial charge in [0.25, 0.3) is 5.91 Å². The summed E-state index contributed by atoms with van der Waals surface area (Å²) in [4.78, 5) is 23.2. The van der Waals surface area contributed by atoms with Gasteiger partial charge in [-0.1, -0.05) is 6.07 Å². The molecule has 1 aromatic carbocycles. The quantitative estimate of drug-likeness (QED) is 0.729. The highest BCUT2D eigenvalue weighted by Gasteiger charge is 2.07. The van der Waals surface area contributed by atoms with Gasteiger partial charge in [-0.15, -0.1) is 0 Å². The fourth-order valence-corrected chi connectivity index (χ4v) is 1.56. The first-order chi connectivity index (χ1) is 9.02. The zero-order valence-corrected chi connectivity index (χ0v) is 11.3. The van der Waals surface area contributed by atoms with E-state index in [2.05, 4.69) is 10.6 Å². The van der Waals surface area contributed by atoms with Crippen LogP contribution >= 0.6 is 0 Å². The highest BCUT2D eigenvalue weighted by Crippen LogP contribution is 2.11. The zero-order chi connectivity index (χ0) is 14.3. The Labute approximate surface area is 113 Å². The Bertz CT molecular complexity index is 444. The number of aliphatic hydroxyl groups excluding tert-OH is 1. The van der Waals surface area contributed by atoms with Crippen molar-refractivity contribution in [2.24, 2.45) is 0 Å². The van der Waals surface area contributed by atoms with Crippen LogP contribution in [0, 0.1) is 0 Å². The molecule has 0 aromatic heterocycles. The van der Waals surface area contributed by atoms with E-state index in [9.17, 15) is 9.59 Å². The summed E-state index contributed by atoms with van der Waals surface area (Å²) in [5, 5.41) is 14.5. The SMILES string of the molecule is CCNC(=O)c1cccc(NC(=O)CCC(C)O)c1. The minimum Gasteiger partial charge on any atom is -0.393 e. The maximum Gasteiger partial charge on any atom is 0.251 e. The van der Waals surface area contributed by atoms with Crippen molar-refractivity contribution in [2.45, 2.75) is 32.8 Å². The Balaban J connectivity index is 2.61. The van der Waals surface area contributed by atoms with E-state index in [1.807, 2.05) is 6.92 Å². The lowest BCUT2D eigenvalue weighted by molar-refractivity contribution is -0.116. The molecular formula is C14H20N2O3. The van der Waals surface area contributed by atoms with E-state index in [-0.39, 0.29) is 18.2 Å². The molecular weight excluding hydrogens is 244 g/mol. The summed E-state index contributed by atoms with van der Waals surface area (Å²) in [7, 11) is 0. The van der Waals surface area contributed by atoms with E-state index in [1.54, 1.807) is 31.2 Å². The monoisotopic (exact) mass is 264 g/mol. The third-order valence-electron chi connectivity index (χ3n) is 2.54. The van der Waals surface area contributed by atoms with Crippen LogP contribution in [0.2, 0.25) is 0 Å². The van der Waals surface area contributed by atoms with Crippen LogP contribution < -0.4 is 10.6 Å². The first kappa shape index (κ1) is 15.2. The Morgan fingerprint density at radius 1 is 1.37 bits per heavy atom. The average Bonchev–Trinajstić information content (AvgIpc) is 2.37. The van der Waals surface area contributed by atoms with Crippen molar-refractivity contribution in [3.63, 3.8) is 0 Å². The molecule has 104 valence electrons. The van der Waals surface area contributed by atoms with Crippen LogP contribution in [0.5, 0.6) is 0 Å². The number of carbonyl (C=O) groups is 2. The number of anilines is 1. The van der Waals surface area contributed by atoms with E-state index < -0.39 is 6.10 Å². The van der Waals surface area contributed by atoms with Gasteiger partial charge in [0.05, 0.1) is 6.10 Å². The van der Waals surface area contributed by atoms with Crippen LogP contribution in [0.4, 0.5) is 5.69 Å². The molecule has 0 saturated carbocycles. The Morgan fingerprint density at radius 3 is 2.74 bits per heavy atom. The van der Waals surface area contributed by atoms with Gasteiger partial charge in [-0.2, -0.15) is 0 Å². The van der Waals surface area contributed by atoms with Crippen molar-refractivity contribution in [3.05, 3.63) is 29.8 Å². The van der Waals surface area contributed by atoms with Crippen molar-refractivity contribution < 1.29 is 14.7 Å². The van der Waals surface area contributed by atoms with E-state index in [4.69, 9.17) is 5.11 Å². The van der Waals surface area contributed by atoms with Gasteiger partial charge in [0.2, 0.25) is 5.91 Å². The highest BCUT2D eigenvalue weighted by atomic mass is 16.3. The molecule has 1 aromatic rings. The molecule has 0 saturated heterocycles. The zero-order valence-electron chi connectivity index (χ0n) is 11.3. The molecule has 0 aliphatic carbocycles. The van der Waals surface area contributed by atoms with Gasteiger partial charge in [0.1, 0.15) is 0 Å². The van der Waals surface area contributed by atoms with Crippen molar-refractivity contribution in [2.75, 3.05) is 11.9 Å². The van der Waals surface area contributed by atoms with E-state index in [0.29, 0.717) is 24.2 Å². The molecule has 1 unspecified atom stereocenters. The summed E-state index contributed by atoms with van der Waals surface area (Å²) in [5.74, 6) is -0.337. The first-order valence-electron chi connectivity index (χ1n) is 6.39. The molecule has 3 N–H and O–H groups in total. The predicted octanol–water partition coefficient (Wildman–Crippen LogP) is 1.54. The molecule has 0 bridgehead atoms. The van der Waals surface area contributed by atoms with Crippen molar-refractivity contribution in [3.8, 4) is 0 Å². The van der Waals surface area contributed by atoms with E-state index in [0.717, 1.165) is 0 Å². The number of benzene rings is 1. The lowest BCUT2D eigenvalue weighted by atomic mass is 10.1. The molecule has 0 fully saturated rings. The molecule has 2 amide bonds. The number of amides is 2. The minimum absolute atomic E-state index is 0.164. The molecule has 0 aliphatic heterocycles. The minimum atomic E-state index is -0.493. The predicted molar refractivity (Wildman–Crippen MR) is 74.0 cm³/mol. The highest BCUT2D eigenvalue weighted by molar-refractivity contribution is 5.97. The second-order valence-corrected chi connectivity index (χ2v) is 4.38. The first-order valence-corrected chi connectivity index (χ1v) is 6.39. The van der Waals surface area contributed by atoms with Crippen LogP contribution in [0.25, 0.3) is 0 Å². The van der Waals surface area contributed by atoms with Gasteiger partial charge in [-0.3, -0.25) is 9.59 Å². The van der Waals surface area contributed by atoms with Crippen LogP contribution in [-0.4, -0.2) is 29.6 Å². The average molecular weight is 264 g/mol. The molecule has 0 spiro atoms. The normalized spacial score (nSPS) is 11.7. The Kier molecular flexibility index (Phi) is 6.02. The Hall–Kier alpha value is -1.88. The summed E-state index contributed by atoms with van der Waals surface area (Å²) < 4.78 is 0. The van der Waals surface area contributed by atoms with E-state index in [1.165, 1.54) is 0 Å². The van der Waals surface area contributed by atoms with E-state index >= 15 is 0 Å². The molecule has 1 atom stereocenters. The largest absolute Gasteiger partial charge is 0.393 e. The molecule has 0 heterocycles. The molecule has 0 radical (unpaired) electrons. The molecule has 0 aliphatic rings. The number of nitrogens with one attached hydrogen (secondary N) is 2. The third kappa shape index (κ3) is 5.52. The summed E-state index contributed by atoms with van der Waals surface area (Å²) in [6, 6.07) is 6.76. The molecule has 5 nitrogen and oxygen atoms in total. The number of rotatable bonds is 6. The molecule has 5 heteroatoms. The summed E-state index contributed by atoms with van der Waals surface area (Å²) >= 11 is 0. The van der Waals surface area contributed by atoms with Gasteiger partial charge < -0.3 is 15.7 Å². The lowest BCUT2D eigenvalue weighted by Gasteiger charge is -2.08. The number of carbonyl (C=O) groups excluding carboxylic acids is 2. The molecule has 19 heavy (non-hydrogen) atoms. The molecule has 1 rings (SSSR count). The topological polar surface area (TPSA) is 78.4 Å². The maximum atomic E-state index is 11.6. The second-order valence-electron chi connectivity index (χ2n) is 4.38.